The molecule has 0 bridgehead atoms. The van der Waals surface area contributed by atoms with Crippen LogP contribution in [0, 0.1) is 5.41 Å². The van der Waals surface area contributed by atoms with Gasteiger partial charge in [-0.3, -0.25) is 4.79 Å². The summed E-state index contributed by atoms with van der Waals surface area (Å²) in [6.45, 7) is 4.22. The van der Waals surface area contributed by atoms with Crippen molar-refractivity contribution in [2.24, 2.45) is 10.5 Å². The number of ketones is 1. The Labute approximate surface area is 130 Å². The molecule has 4 nitrogen and oxygen atoms in total. The van der Waals surface area contributed by atoms with Crippen molar-refractivity contribution >= 4 is 17.5 Å². The van der Waals surface area contributed by atoms with E-state index in [4.69, 9.17) is 5.53 Å². The molecule has 0 spiro atoms. The molecule has 0 aromatic heterocycles. The number of hydrogen-bond acceptors (Lipinski definition) is 2. The summed E-state index contributed by atoms with van der Waals surface area (Å²) in [4.78, 5) is 14.5. The van der Waals surface area contributed by atoms with Gasteiger partial charge in [0.25, 0.3) is 0 Å². The molecule has 1 aromatic carbocycles. The van der Waals surface area contributed by atoms with Crippen molar-refractivity contribution in [1.82, 2.24) is 0 Å². The molecule has 0 N–H and O–H groups in total. The molecule has 112 valence electrons. The van der Waals surface area contributed by atoms with Crippen LogP contribution < -0.4 is 0 Å². The van der Waals surface area contributed by atoms with E-state index in [0.717, 1.165) is 17.6 Å². The summed E-state index contributed by atoms with van der Waals surface area (Å²) < 4.78 is 0. The molecule has 1 aromatic rings. The molecule has 2 rings (SSSR count). The number of carbonyl (C=O) groups excluding carboxylic acids is 1. The average Bonchev–Trinajstić information content (AvgIpc) is 2.43. The van der Waals surface area contributed by atoms with E-state index in [1.54, 1.807) is 12.1 Å². The Hall–Kier alpha value is -2.58. The van der Waals surface area contributed by atoms with Crippen LogP contribution in [0.4, 0.5) is 5.69 Å². The average molecular weight is 293 g/mol. The van der Waals surface area contributed by atoms with Gasteiger partial charge in [0.1, 0.15) is 0 Å². The van der Waals surface area contributed by atoms with Gasteiger partial charge in [0.2, 0.25) is 0 Å². The van der Waals surface area contributed by atoms with Crippen molar-refractivity contribution in [3.63, 3.8) is 0 Å². The van der Waals surface area contributed by atoms with E-state index in [0.29, 0.717) is 12.1 Å². The van der Waals surface area contributed by atoms with Crippen LogP contribution in [-0.2, 0) is 4.79 Å². The maximum Gasteiger partial charge on any atom is 0.156 e. The number of allylic oxidation sites excluding steroid dienone is 5. The molecule has 0 atom stereocenters. The van der Waals surface area contributed by atoms with E-state index in [9.17, 15) is 4.79 Å². The van der Waals surface area contributed by atoms with Crippen molar-refractivity contribution in [1.29, 1.82) is 0 Å². The molecule has 22 heavy (non-hydrogen) atoms. The van der Waals surface area contributed by atoms with E-state index >= 15 is 0 Å². The molecule has 0 saturated heterocycles. The number of rotatable bonds is 4. The highest BCUT2D eigenvalue weighted by molar-refractivity contribution is 5.92. The molecule has 4 heteroatoms. The SMILES string of the molecule is CC1(C)CC(=O)C=C(C=CC=Cc2ccccc2N=[N+]=[N-])C1. The third-order valence-electron chi connectivity index (χ3n) is 3.47. The largest absolute Gasteiger partial charge is 0.295 e. The zero-order valence-corrected chi connectivity index (χ0v) is 12.9. The Bertz CT molecular complexity index is 705. The van der Waals surface area contributed by atoms with Gasteiger partial charge in [-0.25, -0.2) is 0 Å². The van der Waals surface area contributed by atoms with E-state index in [2.05, 4.69) is 23.9 Å². The van der Waals surface area contributed by atoms with Crippen LogP contribution >= 0.6 is 0 Å². The molecule has 0 radical (unpaired) electrons. The molecule has 1 aliphatic carbocycles. The van der Waals surface area contributed by atoms with Crippen molar-refractivity contribution in [2.45, 2.75) is 26.7 Å². The predicted octanol–water partition coefficient (Wildman–Crippen LogP) is 5.51. The lowest BCUT2D eigenvalue weighted by Gasteiger charge is -2.27. The van der Waals surface area contributed by atoms with Crippen molar-refractivity contribution < 1.29 is 4.79 Å². The van der Waals surface area contributed by atoms with Crippen LogP contribution in [0.2, 0.25) is 0 Å². The molecule has 0 fully saturated rings. The van der Waals surface area contributed by atoms with Gasteiger partial charge >= 0.3 is 0 Å². The van der Waals surface area contributed by atoms with Crippen molar-refractivity contribution in [3.8, 4) is 0 Å². The van der Waals surface area contributed by atoms with E-state index < -0.39 is 0 Å². The predicted molar refractivity (Wildman–Crippen MR) is 89.5 cm³/mol. The standard InChI is InChI=1S/C18H19N3O/c1-18(2)12-14(11-16(22)13-18)7-3-4-8-15-9-5-6-10-17(15)20-21-19/h3-11H,12-13H2,1-2H3. The second kappa shape index (κ2) is 6.92. The van der Waals surface area contributed by atoms with Crippen LogP contribution in [0.25, 0.3) is 16.5 Å². The minimum atomic E-state index is 0.0311. The Morgan fingerprint density at radius 3 is 2.64 bits per heavy atom. The number of benzene rings is 1. The van der Waals surface area contributed by atoms with Crippen molar-refractivity contribution in [3.05, 3.63) is 70.1 Å². The first-order chi connectivity index (χ1) is 10.5. The second-order valence-electron chi connectivity index (χ2n) is 6.17. The fourth-order valence-electron chi connectivity index (χ4n) is 2.61. The Morgan fingerprint density at radius 2 is 1.91 bits per heavy atom. The Kier molecular flexibility index (Phi) is 4.97. The van der Waals surface area contributed by atoms with Crippen LogP contribution in [-0.4, -0.2) is 5.78 Å². The minimum Gasteiger partial charge on any atom is -0.295 e. The maximum absolute atomic E-state index is 11.7. The van der Waals surface area contributed by atoms with E-state index in [1.165, 1.54) is 0 Å². The molecule has 0 unspecified atom stereocenters. The summed E-state index contributed by atoms with van der Waals surface area (Å²) >= 11 is 0. The van der Waals surface area contributed by atoms with E-state index in [1.807, 2.05) is 42.5 Å². The number of hydrogen-bond donors (Lipinski definition) is 0. The highest BCUT2D eigenvalue weighted by Gasteiger charge is 2.26. The van der Waals surface area contributed by atoms with Gasteiger partial charge in [0.15, 0.2) is 5.78 Å². The first-order valence-corrected chi connectivity index (χ1v) is 7.22. The Morgan fingerprint density at radius 1 is 1.18 bits per heavy atom. The van der Waals surface area contributed by atoms with Crippen LogP contribution in [0.5, 0.6) is 0 Å². The first-order valence-electron chi connectivity index (χ1n) is 7.22. The monoisotopic (exact) mass is 293 g/mol. The van der Waals surface area contributed by atoms with Gasteiger partial charge in [-0.2, -0.15) is 0 Å². The summed E-state index contributed by atoms with van der Waals surface area (Å²) in [7, 11) is 0. The molecule has 1 aliphatic rings. The summed E-state index contributed by atoms with van der Waals surface area (Å²) in [5, 5.41) is 3.65. The molecular weight excluding hydrogens is 274 g/mol. The zero-order valence-electron chi connectivity index (χ0n) is 12.9. The summed E-state index contributed by atoms with van der Waals surface area (Å²) in [5.41, 5.74) is 11.1. The first kappa shape index (κ1) is 15.8. The molecular formula is C18H19N3O. The fourth-order valence-corrected chi connectivity index (χ4v) is 2.61. The van der Waals surface area contributed by atoms with Gasteiger partial charge in [-0.1, -0.05) is 67.5 Å². The molecule has 0 heterocycles. The summed E-state index contributed by atoms with van der Waals surface area (Å²) in [5.74, 6) is 0.189. The Balaban J connectivity index is 2.10. The second-order valence-corrected chi connectivity index (χ2v) is 6.17. The highest BCUT2D eigenvalue weighted by atomic mass is 16.1. The van der Waals surface area contributed by atoms with Crippen LogP contribution in [0.1, 0.15) is 32.3 Å². The van der Waals surface area contributed by atoms with Gasteiger partial charge in [0, 0.05) is 17.0 Å². The normalized spacial score (nSPS) is 17.5. The third-order valence-corrected chi connectivity index (χ3v) is 3.47. The van der Waals surface area contributed by atoms with Crippen LogP contribution in [0.3, 0.4) is 0 Å². The lowest BCUT2D eigenvalue weighted by molar-refractivity contribution is -0.116. The molecule has 0 amide bonds. The highest BCUT2D eigenvalue weighted by Crippen LogP contribution is 2.34. The van der Waals surface area contributed by atoms with Crippen molar-refractivity contribution in [2.75, 3.05) is 0 Å². The lowest BCUT2D eigenvalue weighted by Crippen LogP contribution is -2.21. The summed E-state index contributed by atoms with van der Waals surface area (Å²) in [6.07, 6.45) is 10.9. The van der Waals surface area contributed by atoms with Gasteiger partial charge in [-0.15, -0.1) is 0 Å². The lowest BCUT2D eigenvalue weighted by atomic mass is 9.77. The minimum absolute atomic E-state index is 0.0311. The molecule has 0 saturated carbocycles. The fraction of sp³-hybridized carbons (Fsp3) is 0.278. The topological polar surface area (TPSA) is 65.8 Å². The van der Waals surface area contributed by atoms with Gasteiger partial charge < -0.3 is 0 Å². The van der Waals surface area contributed by atoms with Crippen LogP contribution in [0.15, 0.2) is 59.3 Å². The number of carbonyl (C=O) groups is 1. The third kappa shape index (κ3) is 4.47. The number of nitrogens with zero attached hydrogens (tertiary/aromatic N) is 3. The number of azide groups is 1. The smallest absolute Gasteiger partial charge is 0.156 e. The van der Waals surface area contributed by atoms with Gasteiger partial charge in [-0.05, 0) is 34.6 Å². The maximum atomic E-state index is 11.7. The summed E-state index contributed by atoms with van der Waals surface area (Å²) in [6, 6.07) is 7.39. The molecule has 0 aliphatic heterocycles. The quantitative estimate of drug-likeness (QED) is 0.312. The van der Waals surface area contributed by atoms with E-state index in [-0.39, 0.29) is 11.2 Å². The zero-order chi connectivity index (χ0) is 16.0. The van der Waals surface area contributed by atoms with Gasteiger partial charge in [0.05, 0.1) is 0 Å².